The second-order valence-corrected chi connectivity index (χ2v) is 7.20. The van der Waals surface area contributed by atoms with E-state index in [-0.39, 0.29) is 11.0 Å². The van der Waals surface area contributed by atoms with E-state index in [2.05, 4.69) is 62.9 Å². The van der Waals surface area contributed by atoms with Gasteiger partial charge in [-0.1, -0.05) is 45.0 Å². The molecular weight excluding hydrogens is 244 g/mol. The fraction of sp³-hybridized carbons (Fsp3) is 0.611. The molecule has 108 valence electrons. The Kier molecular flexibility index (Phi) is 4.20. The fourth-order valence-electron chi connectivity index (χ4n) is 2.95. The van der Waals surface area contributed by atoms with Crippen molar-refractivity contribution in [1.29, 1.82) is 5.26 Å². The van der Waals surface area contributed by atoms with Crippen LogP contribution in [0.4, 0.5) is 0 Å². The molecule has 2 heteroatoms. The zero-order valence-corrected chi connectivity index (χ0v) is 13.2. The van der Waals surface area contributed by atoms with Gasteiger partial charge in [-0.2, -0.15) is 5.26 Å². The summed E-state index contributed by atoms with van der Waals surface area (Å²) in [7, 11) is 0. The van der Waals surface area contributed by atoms with Gasteiger partial charge in [0.05, 0.1) is 6.07 Å². The Balaban J connectivity index is 2.14. The molecule has 1 aromatic carbocycles. The van der Waals surface area contributed by atoms with Gasteiger partial charge in [-0.15, -0.1) is 0 Å². The van der Waals surface area contributed by atoms with Gasteiger partial charge in [0.25, 0.3) is 0 Å². The van der Waals surface area contributed by atoms with E-state index < -0.39 is 0 Å². The minimum atomic E-state index is -0.361. The van der Waals surface area contributed by atoms with Crippen molar-refractivity contribution in [2.45, 2.75) is 57.9 Å². The first kappa shape index (κ1) is 15.1. The Bertz CT molecular complexity index is 484. The molecule has 2 rings (SSSR count). The van der Waals surface area contributed by atoms with Crippen LogP contribution >= 0.6 is 0 Å². The van der Waals surface area contributed by atoms with Crippen LogP contribution in [-0.4, -0.2) is 23.5 Å². The summed E-state index contributed by atoms with van der Waals surface area (Å²) in [5.74, 6) is 0. The number of hydrogen-bond acceptors (Lipinski definition) is 2. The predicted molar refractivity (Wildman–Crippen MR) is 83.7 cm³/mol. The summed E-state index contributed by atoms with van der Waals surface area (Å²) in [6.07, 6.45) is 3.26. The largest absolute Gasteiger partial charge is 0.285 e. The molecule has 1 aromatic rings. The topological polar surface area (TPSA) is 27.0 Å². The van der Waals surface area contributed by atoms with Gasteiger partial charge in [-0.05, 0) is 49.4 Å². The molecule has 1 unspecified atom stereocenters. The van der Waals surface area contributed by atoms with Gasteiger partial charge in [-0.25, -0.2) is 0 Å². The molecular formula is C18H26N2. The Morgan fingerprint density at radius 1 is 1.05 bits per heavy atom. The normalized spacial score (nSPS) is 19.6. The van der Waals surface area contributed by atoms with Gasteiger partial charge in [0.1, 0.15) is 5.54 Å². The maximum Gasteiger partial charge on any atom is 0.110 e. The van der Waals surface area contributed by atoms with Crippen LogP contribution in [0.1, 0.15) is 51.7 Å². The van der Waals surface area contributed by atoms with Crippen LogP contribution in [0.25, 0.3) is 0 Å². The van der Waals surface area contributed by atoms with Gasteiger partial charge >= 0.3 is 0 Å². The number of rotatable bonds is 3. The van der Waals surface area contributed by atoms with E-state index in [0.717, 1.165) is 19.5 Å². The van der Waals surface area contributed by atoms with E-state index in [1.54, 1.807) is 0 Å². The van der Waals surface area contributed by atoms with E-state index in [0.29, 0.717) is 0 Å². The molecule has 1 fully saturated rings. The highest BCUT2D eigenvalue weighted by Gasteiger charge is 2.33. The van der Waals surface area contributed by atoms with Crippen molar-refractivity contribution in [1.82, 2.24) is 4.90 Å². The summed E-state index contributed by atoms with van der Waals surface area (Å²) >= 11 is 0. The Hall–Kier alpha value is -1.33. The SMILES string of the molecule is CC(C)(C)c1ccc(CC(C)(C#N)N2CCCC2)cc1. The highest BCUT2D eigenvalue weighted by atomic mass is 15.2. The standard InChI is InChI=1S/C18H26N2/c1-17(2,3)16-9-7-15(8-10-16)13-18(4,14-19)20-11-5-6-12-20/h7-10H,5-6,11-13H2,1-4H3. The molecule has 0 amide bonds. The lowest BCUT2D eigenvalue weighted by Crippen LogP contribution is -2.45. The maximum absolute atomic E-state index is 9.60. The highest BCUT2D eigenvalue weighted by Crippen LogP contribution is 2.27. The van der Waals surface area contributed by atoms with E-state index in [4.69, 9.17) is 0 Å². The Morgan fingerprint density at radius 3 is 2.05 bits per heavy atom. The van der Waals surface area contributed by atoms with Crippen molar-refractivity contribution >= 4 is 0 Å². The number of benzene rings is 1. The van der Waals surface area contributed by atoms with Gasteiger partial charge in [0.15, 0.2) is 0 Å². The Labute approximate surface area is 123 Å². The van der Waals surface area contributed by atoms with Crippen LogP contribution in [0.5, 0.6) is 0 Å². The summed E-state index contributed by atoms with van der Waals surface area (Å²) in [6, 6.07) is 11.3. The van der Waals surface area contributed by atoms with Crippen LogP contribution in [0.2, 0.25) is 0 Å². The lowest BCUT2D eigenvalue weighted by Gasteiger charge is -2.32. The number of likely N-dealkylation sites (tertiary alicyclic amines) is 1. The lowest BCUT2D eigenvalue weighted by atomic mass is 9.85. The molecule has 1 heterocycles. The minimum Gasteiger partial charge on any atom is -0.285 e. The minimum absolute atomic E-state index is 0.187. The summed E-state index contributed by atoms with van der Waals surface area (Å²) in [6.45, 7) is 10.9. The molecule has 0 aromatic heterocycles. The number of nitriles is 1. The van der Waals surface area contributed by atoms with Crippen LogP contribution in [-0.2, 0) is 11.8 Å². The summed E-state index contributed by atoms with van der Waals surface area (Å²) in [5, 5.41) is 9.60. The predicted octanol–water partition coefficient (Wildman–Crippen LogP) is 3.90. The first-order valence-electron chi connectivity index (χ1n) is 7.61. The van der Waals surface area contributed by atoms with Crippen molar-refractivity contribution in [3.8, 4) is 6.07 Å². The molecule has 1 aliphatic rings. The third kappa shape index (κ3) is 3.22. The second-order valence-electron chi connectivity index (χ2n) is 7.20. The second kappa shape index (κ2) is 5.58. The molecule has 0 spiro atoms. The van der Waals surface area contributed by atoms with E-state index >= 15 is 0 Å². The lowest BCUT2D eigenvalue weighted by molar-refractivity contribution is 0.191. The van der Waals surface area contributed by atoms with Crippen molar-refractivity contribution in [2.24, 2.45) is 0 Å². The molecule has 0 radical (unpaired) electrons. The van der Waals surface area contributed by atoms with E-state index in [1.165, 1.54) is 24.0 Å². The zero-order valence-electron chi connectivity index (χ0n) is 13.2. The molecule has 1 saturated heterocycles. The molecule has 0 aliphatic carbocycles. The van der Waals surface area contributed by atoms with Crippen LogP contribution in [0, 0.1) is 11.3 Å². The first-order chi connectivity index (χ1) is 9.35. The average Bonchev–Trinajstić information content (AvgIpc) is 2.92. The fourth-order valence-corrected chi connectivity index (χ4v) is 2.95. The van der Waals surface area contributed by atoms with E-state index in [9.17, 15) is 5.26 Å². The summed E-state index contributed by atoms with van der Waals surface area (Å²) in [5.41, 5.74) is 2.43. The van der Waals surface area contributed by atoms with Crippen molar-refractivity contribution in [3.05, 3.63) is 35.4 Å². The number of nitrogens with zero attached hydrogens (tertiary/aromatic N) is 2. The average molecular weight is 270 g/mol. The molecule has 0 bridgehead atoms. The Morgan fingerprint density at radius 2 is 1.60 bits per heavy atom. The van der Waals surface area contributed by atoms with Gasteiger partial charge in [0.2, 0.25) is 0 Å². The molecule has 20 heavy (non-hydrogen) atoms. The van der Waals surface area contributed by atoms with E-state index in [1.807, 2.05) is 0 Å². The van der Waals surface area contributed by atoms with Crippen molar-refractivity contribution in [3.63, 3.8) is 0 Å². The van der Waals surface area contributed by atoms with Crippen molar-refractivity contribution in [2.75, 3.05) is 13.1 Å². The van der Waals surface area contributed by atoms with Gasteiger partial charge in [0, 0.05) is 6.42 Å². The monoisotopic (exact) mass is 270 g/mol. The zero-order chi connectivity index (χ0) is 14.8. The van der Waals surface area contributed by atoms with Crippen LogP contribution in [0.15, 0.2) is 24.3 Å². The third-order valence-corrected chi connectivity index (χ3v) is 4.41. The van der Waals surface area contributed by atoms with Crippen LogP contribution < -0.4 is 0 Å². The first-order valence-corrected chi connectivity index (χ1v) is 7.61. The summed E-state index contributed by atoms with van der Waals surface area (Å²) in [4.78, 5) is 2.34. The summed E-state index contributed by atoms with van der Waals surface area (Å²) < 4.78 is 0. The molecule has 2 nitrogen and oxygen atoms in total. The molecule has 1 atom stereocenters. The molecule has 0 N–H and O–H groups in total. The smallest absolute Gasteiger partial charge is 0.110 e. The highest BCUT2D eigenvalue weighted by molar-refractivity contribution is 5.29. The number of hydrogen-bond donors (Lipinski definition) is 0. The van der Waals surface area contributed by atoms with Crippen molar-refractivity contribution < 1.29 is 0 Å². The molecule has 0 saturated carbocycles. The third-order valence-electron chi connectivity index (χ3n) is 4.41. The van der Waals surface area contributed by atoms with Gasteiger partial charge < -0.3 is 0 Å². The van der Waals surface area contributed by atoms with Gasteiger partial charge in [-0.3, -0.25) is 4.90 Å². The quantitative estimate of drug-likeness (QED) is 0.832. The maximum atomic E-state index is 9.60. The molecule has 1 aliphatic heterocycles. The van der Waals surface area contributed by atoms with Crippen LogP contribution in [0.3, 0.4) is 0 Å².